The summed E-state index contributed by atoms with van der Waals surface area (Å²) in [7, 11) is 0. The van der Waals surface area contributed by atoms with E-state index >= 15 is 0 Å². The fraction of sp³-hybridized carbons (Fsp3) is 0.267. The van der Waals surface area contributed by atoms with Gasteiger partial charge in [-0.25, -0.2) is 4.68 Å². The van der Waals surface area contributed by atoms with Crippen molar-refractivity contribution in [2.45, 2.75) is 45.2 Å². The maximum atomic E-state index is 12.7. The lowest BCUT2D eigenvalue weighted by Crippen LogP contribution is -2.48. The summed E-state index contributed by atoms with van der Waals surface area (Å²) in [4.78, 5) is 28.8. The van der Waals surface area contributed by atoms with Crippen LogP contribution < -0.4 is 16.4 Å². The first-order chi connectivity index (χ1) is 18.6. The molecule has 9 heteroatoms. The van der Waals surface area contributed by atoms with Crippen molar-refractivity contribution in [1.29, 1.82) is 0 Å². The molecule has 202 valence electrons. The average Bonchev–Trinajstić information content (AvgIpc) is 3.34. The highest BCUT2D eigenvalue weighted by Gasteiger charge is 2.19. The molecule has 0 spiro atoms. The molecule has 0 radical (unpaired) electrons. The second-order valence-corrected chi connectivity index (χ2v) is 10.5. The van der Waals surface area contributed by atoms with E-state index in [2.05, 4.69) is 48.5 Å². The van der Waals surface area contributed by atoms with E-state index in [9.17, 15) is 14.7 Å². The van der Waals surface area contributed by atoms with Crippen molar-refractivity contribution in [3.63, 3.8) is 0 Å². The van der Waals surface area contributed by atoms with Gasteiger partial charge < -0.3 is 21.5 Å². The van der Waals surface area contributed by atoms with E-state index in [1.807, 2.05) is 35.0 Å². The molecule has 0 unspecified atom stereocenters. The summed E-state index contributed by atoms with van der Waals surface area (Å²) in [6.07, 6.45) is 3.71. The molecule has 0 bridgehead atoms. The van der Waals surface area contributed by atoms with Crippen LogP contribution in [0.15, 0.2) is 79.1 Å². The fourth-order valence-corrected chi connectivity index (χ4v) is 4.17. The number of hydrogen-bond acceptors (Lipinski definition) is 6. The Morgan fingerprint density at radius 1 is 1.05 bits per heavy atom. The number of hydrogen-bond donors (Lipinski definition) is 4. The van der Waals surface area contributed by atoms with Gasteiger partial charge in [0.2, 0.25) is 11.8 Å². The molecule has 5 N–H and O–H groups in total. The highest BCUT2D eigenvalue weighted by atomic mass is 16.3. The molecule has 0 aliphatic rings. The van der Waals surface area contributed by atoms with Crippen molar-refractivity contribution in [1.82, 2.24) is 25.4 Å². The van der Waals surface area contributed by atoms with Crippen LogP contribution in [0.25, 0.3) is 16.9 Å². The van der Waals surface area contributed by atoms with E-state index in [1.165, 1.54) is 17.7 Å². The van der Waals surface area contributed by atoms with Gasteiger partial charge in [-0.1, -0.05) is 45.0 Å². The smallest absolute Gasteiger partial charge is 0.240 e. The van der Waals surface area contributed by atoms with Crippen LogP contribution in [0.1, 0.15) is 37.6 Å². The molecule has 2 heterocycles. The first-order valence-electron chi connectivity index (χ1n) is 12.8. The molecule has 2 aromatic heterocycles. The molecule has 0 saturated carbocycles. The summed E-state index contributed by atoms with van der Waals surface area (Å²) >= 11 is 0. The summed E-state index contributed by atoms with van der Waals surface area (Å²) in [5, 5.41) is 20.1. The van der Waals surface area contributed by atoms with Crippen LogP contribution in [0.4, 0.5) is 0 Å². The minimum Gasteiger partial charge on any atom is -0.508 e. The Bertz CT molecular complexity index is 1410. The predicted octanol–water partition coefficient (Wildman–Crippen LogP) is 3.24. The molecule has 4 rings (SSSR count). The zero-order chi connectivity index (χ0) is 28.0. The van der Waals surface area contributed by atoms with Crippen LogP contribution in [0, 0.1) is 0 Å². The van der Waals surface area contributed by atoms with E-state index in [1.54, 1.807) is 24.5 Å². The van der Waals surface area contributed by atoms with Crippen molar-refractivity contribution in [2.24, 2.45) is 5.73 Å². The van der Waals surface area contributed by atoms with E-state index in [4.69, 9.17) is 10.8 Å². The molecule has 9 nitrogen and oxygen atoms in total. The van der Waals surface area contributed by atoms with Crippen molar-refractivity contribution in [2.75, 3.05) is 6.54 Å². The number of aromatic hydroxyl groups is 1. The van der Waals surface area contributed by atoms with Crippen molar-refractivity contribution < 1.29 is 14.7 Å². The number of benzene rings is 2. The summed E-state index contributed by atoms with van der Waals surface area (Å²) in [5.74, 6) is -0.862. The zero-order valence-corrected chi connectivity index (χ0v) is 22.4. The second-order valence-electron chi connectivity index (χ2n) is 10.5. The van der Waals surface area contributed by atoms with Crippen LogP contribution in [0.2, 0.25) is 0 Å². The van der Waals surface area contributed by atoms with Gasteiger partial charge in [0.1, 0.15) is 11.8 Å². The molecule has 1 atom stereocenters. The maximum absolute atomic E-state index is 12.7. The van der Waals surface area contributed by atoms with E-state index in [0.29, 0.717) is 6.54 Å². The third kappa shape index (κ3) is 7.30. The number of phenolic OH excluding ortho intramolecular Hbond substituents is 1. The number of primary amides is 1. The van der Waals surface area contributed by atoms with Crippen molar-refractivity contribution in [3.8, 4) is 22.7 Å². The standard InChI is InChI=1S/C30H34N6O3/c1-30(2,3)22-8-10-23(11-9-22)36-24(16-26(35-36)21-5-4-14-32-17-21)18-33-19-28(38)34-27(29(31)39)15-20-6-12-25(37)13-7-20/h4-14,16-17,27,33,37H,15,18-19H2,1-3H3,(H2,31,39)(H,34,38)/t27-/m0/s1. The largest absolute Gasteiger partial charge is 0.508 e. The number of nitrogens with zero attached hydrogens (tertiary/aromatic N) is 3. The Balaban J connectivity index is 1.46. The number of amides is 2. The summed E-state index contributed by atoms with van der Waals surface area (Å²) in [6, 6.07) is 19.6. The quantitative estimate of drug-likeness (QED) is 0.251. The highest BCUT2D eigenvalue weighted by molar-refractivity contribution is 5.87. The molecular weight excluding hydrogens is 492 g/mol. The lowest BCUT2D eigenvalue weighted by molar-refractivity contribution is -0.126. The van der Waals surface area contributed by atoms with Gasteiger partial charge in [-0.05, 0) is 59.0 Å². The number of rotatable bonds is 10. The van der Waals surface area contributed by atoms with Crippen molar-refractivity contribution >= 4 is 11.8 Å². The molecule has 0 aliphatic carbocycles. The maximum Gasteiger partial charge on any atom is 0.240 e. The lowest BCUT2D eigenvalue weighted by atomic mass is 9.87. The molecule has 2 amide bonds. The van der Waals surface area contributed by atoms with E-state index in [-0.39, 0.29) is 30.0 Å². The van der Waals surface area contributed by atoms with E-state index in [0.717, 1.165) is 28.2 Å². The molecule has 0 saturated heterocycles. The van der Waals surface area contributed by atoms with Gasteiger partial charge >= 0.3 is 0 Å². The van der Waals surface area contributed by atoms with Gasteiger partial charge in [0.25, 0.3) is 0 Å². The molecular formula is C30H34N6O3. The van der Waals surface area contributed by atoms with Crippen LogP contribution in [-0.2, 0) is 28.0 Å². The summed E-state index contributed by atoms with van der Waals surface area (Å²) in [6.45, 7) is 6.86. The van der Waals surface area contributed by atoms with Crippen LogP contribution in [0.3, 0.4) is 0 Å². The third-order valence-electron chi connectivity index (χ3n) is 6.36. The van der Waals surface area contributed by atoms with E-state index < -0.39 is 11.9 Å². The third-order valence-corrected chi connectivity index (χ3v) is 6.36. The minimum atomic E-state index is -0.868. The Morgan fingerprint density at radius 3 is 2.38 bits per heavy atom. The SMILES string of the molecule is CC(C)(C)c1ccc(-n2nc(-c3cccnc3)cc2CNCC(=O)N[C@@H](Cc2ccc(O)cc2)C(N)=O)cc1. The van der Waals surface area contributed by atoms with Crippen LogP contribution in [0.5, 0.6) is 5.75 Å². The Hall–Kier alpha value is -4.50. The number of phenols is 1. The molecule has 4 aromatic rings. The zero-order valence-electron chi connectivity index (χ0n) is 22.4. The van der Waals surface area contributed by atoms with Gasteiger partial charge in [-0.15, -0.1) is 0 Å². The Labute approximate surface area is 228 Å². The molecule has 0 aliphatic heterocycles. The van der Waals surface area contributed by atoms with Gasteiger partial charge in [0.05, 0.1) is 23.6 Å². The Morgan fingerprint density at radius 2 is 1.77 bits per heavy atom. The number of aromatic nitrogens is 3. The monoisotopic (exact) mass is 526 g/mol. The van der Waals surface area contributed by atoms with Gasteiger partial charge in [0.15, 0.2) is 0 Å². The molecule has 0 fully saturated rings. The van der Waals surface area contributed by atoms with Gasteiger partial charge in [0, 0.05) is 30.9 Å². The number of nitrogens with two attached hydrogens (primary N) is 1. The topological polar surface area (TPSA) is 135 Å². The number of pyridine rings is 1. The number of carbonyl (C=O) groups excluding carboxylic acids is 2. The second kappa shape index (κ2) is 11.9. The summed E-state index contributed by atoms with van der Waals surface area (Å²) < 4.78 is 1.86. The summed E-state index contributed by atoms with van der Waals surface area (Å²) in [5.41, 5.74) is 11.0. The van der Waals surface area contributed by atoms with Gasteiger partial charge in [-0.2, -0.15) is 5.10 Å². The predicted molar refractivity (Wildman–Crippen MR) is 150 cm³/mol. The minimum absolute atomic E-state index is 0.0181. The first-order valence-corrected chi connectivity index (χ1v) is 12.8. The Kier molecular flexibility index (Phi) is 8.41. The lowest BCUT2D eigenvalue weighted by Gasteiger charge is -2.19. The fourth-order valence-electron chi connectivity index (χ4n) is 4.17. The first kappa shape index (κ1) is 27.5. The molecule has 2 aromatic carbocycles. The number of carbonyl (C=O) groups is 2. The van der Waals surface area contributed by atoms with Crippen molar-refractivity contribution in [3.05, 3.63) is 95.9 Å². The average molecular weight is 527 g/mol. The highest BCUT2D eigenvalue weighted by Crippen LogP contribution is 2.25. The van der Waals surface area contributed by atoms with Crippen LogP contribution in [-0.4, -0.2) is 44.3 Å². The van der Waals surface area contributed by atoms with Crippen LogP contribution >= 0.6 is 0 Å². The van der Waals surface area contributed by atoms with Gasteiger partial charge in [-0.3, -0.25) is 14.6 Å². The number of nitrogens with one attached hydrogen (secondary N) is 2. The normalized spacial score (nSPS) is 12.2. The molecule has 39 heavy (non-hydrogen) atoms.